The Balaban J connectivity index is 0.967. The van der Waals surface area contributed by atoms with Crippen LogP contribution >= 0.6 is 11.6 Å². The minimum absolute atomic E-state index is 0.0576. The summed E-state index contributed by atoms with van der Waals surface area (Å²) in [7, 11) is 3.40. The number of aryl methyl sites for hydroxylation is 4. The zero-order valence-electron chi connectivity index (χ0n) is 43.0. The van der Waals surface area contributed by atoms with E-state index in [1.54, 1.807) is 29.7 Å². The highest BCUT2D eigenvalue weighted by Gasteiger charge is 2.33. The maximum atomic E-state index is 14.7. The average Bonchev–Trinajstić information content (AvgIpc) is 3.95. The van der Waals surface area contributed by atoms with E-state index in [0.29, 0.717) is 97.8 Å². The predicted molar refractivity (Wildman–Crippen MR) is 279 cm³/mol. The summed E-state index contributed by atoms with van der Waals surface area (Å²) in [6.45, 7) is 14.5. The number of fused-ring (bicyclic) bond motifs is 3. The van der Waals surface area contributed by atoms with Crippen molar-refractivity contribution in [3.05, 3.63) is 106 Å². The van der Waals surface area contributed by atoms with Crippen LogP contribution in [-0.4, -0.2) is 121 Å². The smallest absolute Gasteiger partial charge is 0.355 e. The molecule has 388 valence electrons. The van der Waals surface area contributed by atoms with Gasteiger partial charge in [0.25, 0.3) is 5.91 Å². The van der Waals surface area contributed by atoms with E-state index in [9.17, 15) is 28.4 Å². The number of hydrogen-bond acceptors (Lipinski definition) is 11. The molecule has 4 amide bonds. The number of aromatic nitrogens is 5. The third-order valence-electron chi connectivity index (χ3n) is 14.0. The Labute approximate surface area is 432 Å². The summed E-state index contributed by atoms with van der Waals surface area (Å²) in [4.78, 5) is 75.4. The zero-order chi connectivity index (χ0) is 52.7. The van der Waals surface area contributed by atoms with Crippen LogP contribution in [0.5, 0.6) is 11.5 Å². The van der Waals surface area contributed by atoms with E-state index in [0.717, 1.165) is 49.8 Å². The first-order chi connectivity index (χ1) is 35.3. The van der Waals surface area contributed by atoms with Gasteiger partial charge in [-0.3, -0.25) is 34.1 Å². The maximum absolute atomic E-state index is 14.7. The van der Waals surface area contributed by atoms with Crippen LogP contribution in [-0.2, 0) is 45.7 Å². The molecule has 0 radical (unpaired) electrons. The van der Waals surface area contributed by atoms with Gasteiger partial charge in [0.05, 0.1) is 35.5 Å². The molecular weight excluding hydrogens is 969 g/mol. The normalized spacial score (nSPS) is 15.5. The molecule has 0 aliphatic carbocycles. The van der Waals surface area contributed by atoms with Gasteiger partial charge in [-0.05, 0) is 114 Å². The fourth-order valence-corrected chi connectivity index (χ4v) is 10.6. The molecular formula is C55H61ClFN9O8. The molecule has 2 aliphatic heterocycles. The Bertz CT molecular complexity index is 3380. The largest absolute Gasteiger partial charge is 0.494 e. The molecule has 2 fully saturated rings. The van der Waals surface area contributed by atoms with E-state index in [2.05, 4.69) is 20.1 Å². The minimum Gasteiger partial charge on any atom is -0.494 e. The van der Waals surface area contributed by atoms with Gasteiger partial charge in [0.15, 0.2) is 0 Å². The molecule has 0 saturated carbocycles. The third-order valence-corrected chi connectivity index (χ3v) is 14.3. The van der Waals surface area contributed by atoms with Gasteiger partial charge in [-0.25, -0.2) is 14.2 Å². The van der Waals surface area contributed by atoms with Gasteiger partial charge in [0, 0.05) is 80.3 Å². The van der Waals surface area contributed by atoms with Crippen molar-refractivity contribution >= 4 is 73.9 Å². The number of carbonyl (C=O) groups is 5. The van der Waals surface area contributed by atoms with Crippen LogP contribution in [0.1, 0.15) is 83.7 Å². The average molecular weight is 1030 g/mol. The van der Waals surface area contributed by atoms with Gasteiger partial charge in [-0.1, -0.05) is 29.8 Å². The Morgan fingerprint density at radius 2 is 1.66 bits per heavy atom. The molecule has 9 rings (SSSR count). The van der Waals surface area contributed by atoms with E-state index in [-0.39, 0.29) is 42.6 Å². The lowest BCUT2D eigenvalue weighted by molar-refractivity contribution is -0.135. The van der Waals surface area contributed by atoms with Crippen LogP contribution in [0.2, 0.25) is 5.02 Å². The van der Waals surface area contributed by atoms with Crippen LogP contribution in [0, 0.1) is 26.6 Å². The van der Waals surface area contributed by atoms with Crippen molar-refractivity contribution in [2.45, 2.75) is 92.0 Å². The molecule has 19 heteroatoms. The zero-order valence-corrected chi connectivity index (χ0v) is 43.7. The van der Waals surface area contributed by atoms with Gasteiger partial charge in [0.2, 0.25) is 17.7 Å². The first-order valence-corrected chi connectivity index (χ1v) is 25.3. The summed E-state index contributed by atoms with van der Waals surface area (Å²) in [5.74, 6) is -0.841. The highest BCUT2D eigenvalue weighted by molar-refractivity contribution is 6.35. The summed E-state index contributed by atoms with van der Waals surface area (Å²) in [5.41, 5.74) is 5.62. The molecule has 0 spiro atoms. The third kappa shape index (κ3) is 10.3. The first kappa shape index (κ1) is 51.6. The molecule has 4 aromatic carbocycles. The lowest BCUT2D eigenvalue weighted by Gasteiger charge is -2.35. The fraction of sp³-hybridized carbons (Fsp3) is 0.400. The van der Waals surface area contributed by atoms with E-state index >= 15 is 0 Å². The molecule has 5 heterocycles. The number of carbonyl (C=O) groups excluding carboxylic acids is 5. The van der Waals surface area contributed by atoms with Crippen molar-refractivity contribution in [3.8, 4) is 22.6 Å². The minimum atomic E-state index is -0.876. The topological polar surface area (TPSA) is 184 Å². The first-order valence-electron chi connectivity index (χ1n) is 24.9. The number of piperazine rings is 1. The second-order valence-electron chi connectivity index (χ2n) is 20.0. The Kier molecular flexibility index (Phi) is 14.6. The molecule has 2 saturated heterocycles. The van der Waals surface area contributed by atoms with Gasteiger partial charge >= 0.3 is 5.97 Å². The number of rotatable bonds is 15. The molecule has 17 nitrogen and oxygen atoms in total. The van der Waals surface area contributed by atoms with Gasteiger partial charge < -0.3 is 33.6 Å². The standard InChI is InChI=1S/C55H61ClFN9O8/c1-31-46(32(2)62(7)61-31)47-40(56)18-16-38-37(12-10-28-73-42-13-9-11-34-29-35(57)14-15-36(34)42)50(54(71)74-55(4,5)6)65(49(38)47)27-24-63-22-25-64(26-23-63)45(68)30-66-33(3)58-48-39(17-20-43(72-8)51(48)66)52(69)59-41-19-21-44(67)60-53(41)70/h9,11,13-18,20,29,41H,10,12,19,21-28,30H2,1-8H3,(H,59,69)(H,60,67,70). The van der Waals surface area contributed by atoms with Crippen molar-refractivity contribution in [1.29, 1.82) is 0 Å². The monoisotopic (exact) mass is 1030 g/mol. The number of imidazole rings is 1. The number of amides is 4. The molecule has 2 aliphatic rings. The van der Waals surface area contributed by atoms with Crippen molar-refractivity contribution in [2.24, 2.45) is 7.05 Å². The quantitative estimate of drug-likeness (QED) is 0.0585. The highest BCUT2D eigenvalue weighted by Crippen LogP contribution is 2.43. The number of methoxy groups -OCH3 is 1. The summed E-state index contributed by atoms with van der Waals surface area (Å²) in [6.07, 6.45) is 1.31. The molecule has 1 unspecified atom stereocenters. The number of halogens is 2. The van der Waals surface area contributed by atoms with Crippen LogP contribution < -0.4 is 20.1 Å². The summed E-state index contributed by atoms with van der Waals surface area (Å²) in [5, 5.41) is 12.7. The van der Waals surface area contributed by atoms with Crippen LogP contribution in [0.3, 0.4) is 0 Å². The summed E-state index contributed by atoms with van der Waals surface area (Å²) < 4.78 is 37.9. The summed E-state index contributed by atoms with van der Waals surface area (Å²) >= 11 is 7.22. The van der Waals surface area contributed by atoms with E-state index in [1.807, 2.05) is 81.6 Å². The van der Waals surface area contributed by atoms with Crippen LogP contribution in [0.4, 0.5) is 4.39 Å². The SMILES string of the molecule is COc1ccc(C(=O)NC2CCC(=O)NC2=O)c2nc(C)n(CC(=O)N3CCN(CCn4c(C(=O)OC(C)(C)C)c(CCCOc5cccc6cc(F)ccc56)c5ccc(Cl)c(-c6c(C)nn(C)c6C)c54)CC3)c12. The highest BCUT2D eigenvalue weighted by atomic mass is 35.5. The van der Waals surface area contributed by atoms with Crippen molar-refractivity contribution in [2.75, 3.05) is 46.4 Å². The molecule has 2 N–H and O–H groups in total. The molecule has 1 atom stereocenters. The van der Waals surface area contributed by atoms with Crippen molar-refractivity contribution in [3.63, 3.8) is 0 Å². The molecule has 7 aromatic rings. The molecule has 74 heavy (non-hydrogen) atoms. The molecule has 3 aromatic heterocycles. The lowest BCUT2D eigenvalue weighted by Crippen LogP contribution is -2.52. The van der Waals surface area contributed by atoms with Gasteiger partial charge in [0.1, 0.15) is 58.1 Å². The predicted octanol–water partition coefficient (Wildman–Crippen LogP) is 7.62. The van der Waals surface area contributed by atoms with Gasteiger partial charge in [-0.2, -0.15) is 5.10 Å². The number of nitrogens with zero attached hydrogens (tertiary/aromatic N) is 7. The maximum Gasteiger partial charge on any atom is 0.355 e. The second-order valence-corrected chi connectivity index (χ2v) is 20.4. The Hall–Kier alpha value is -7.31. The van der Waals surface area contributed by atoms with E-state index < -0.39 is 29.4 Å². The van der Waals surface area contributed by atoms with Gasteiger partial charge in [-0.15, -0.1) is 0 Å². The number of ether oxygens (including phenoxy) is 3. The van der Waals surface area contributed by atoms with Crippen LogP contribution in [0.25, 0.3) is 43.8 Å². The van der Waals surface area contributed by atoms with Crippen molar-refractivity contribution in [1.82, 2.24) is 44.3 Å². The number of nitrogens with one attached hydrogen (secondary N) is 2. The van der Waals surface area contributed by atoms with Crippen molar-refractivity contribution < 1.29 is 42.6 Å². The second kappa shape index (κ2) is 20.9. The fourth-order valence-electron chi connectivity index (χ4n) is 10.3. The number of imide groups is 1. The number of piperidine rings is 1. The number of hydrogen-bond donors (Lipinski definition) is 2. The molecule has 0 bridgehead atoms. The Morgan fingerprint density at radius 3 is 2.36 bits per heavy atom. The van der Waals surface area contributed by atoms with E-state index in [1.165, 1.54) is 19.2 Å². The lowest BCUT2D eigenvalue weighted by atomic mass is 9.98. The number of benzene rings is 4. The number of esters is 1. The summed E-state index contributed by atoms with van der Waals surface area (Å²) in [6, 6.07) is 16.4. The van der Waals surface area contributed by atoms with Crippen LogP contribution in [0.15, 0.2) is 60.7 Å². The Morgan fingerprint density at radius 1 is 0.905 bits per heavy atom. The van der Waals surface area contributed by atoms with E-state index in [4.69, 9.17) is 35.9 Å².